The van der Waals surface area contributed by atoms with Crippen LogP contribution in [-0.4, -0.2) is 41.6 Å². The van der Waals surface area contributed by atoms with Gasteiger partial charge in [0.25, 0.3) is 0 Å². The van der Waals surface area contributed by atoms with Crippen molar-refractivity contribution in [3.63, 3.8) is 0 Å². The van der Waals surface area contributed by atoms with Crippen molar-refractivity contribution in [1.82, 2.24) is 4.90 Å². The smallest absolute Gasteiger partial charge is 0.0854 e. The molecule has 0 saturated heterocycles. The van der Waals surface area contributed by atoms with Gasteiger partial charge in [0.1, 0.15) is 0 Å². The van der Waals surface area contributed by atoms with Gasteiger partial charge in [0, 0.05) is 6.54 Å². The number of nitrogens with zero attached hydrogens (tertiary/aromatic N) is 2. The minimum absolute atomic E-state index is 0.199. The minimum atomic E-state index is -0.199. The van der Waals surface area contributed by atoms with Crippen molar-refractivity contribution in [2.75, 3.05) is 13.1 Å². The van der Waals surface area contributed by atoms with Crippen LogP contribution >= 0.6 is 0 Å². The molecule has 224 valence electrons. The fourth-order valence-electron chi connectivity index (χ4n) is 5.86. The Labute approximate surface area is 239 Å². The Kier molecular flexibility index (Phi) is 25.7. The molecular formula is C35H68N2O. The molecule has 0 amide bonds. The summed E-state index contributed by atoms with van der Waals surface area (Å²) in [4.78, 5) is 6.77. The van der Waals surface area contributed by atoms with Crippen molar-refractivity contribution in [2.45, 2.75) is 193 Å². The fourth-order valence-corrected chi connectivity index (χ4v) is 5.86. The van der Waals surface area contributed by atoms with E-state index >= 15 is 0 Å². The standard InChI is InChI=1S/C35H68N2O/c1-3-5-7-9-11-13-15-16-17-18-20-21-23-25-27-29-34(37-32-31-36-33-37)35(38)30-28-26-24-22-19-14-12-10-8-6-4-2/h16-17,33-35,38H,3-15,18-32H2,1-2H3/b17-16-. The number of allylic oxidation sites excluding steroid dienone is 2. The summed E-state index contributed by atoms with van der Waals surface area (Å²) in [6.45, 7) is 6.46. The first-order valence-corrected chi connectivity index (χ1v) is 17.4. The van der Waals surface area contributed by atoms with Gasteiger partial charge in [-0.2, -0.15) is 0 Å². The summed E-state index contributed by atoms with van der Waals surface area (Å²) in [5, 5.41) is 11.0. The maximum Gasteiger partial charge on any atom is 0.0854 e. The third-order valence-corrected chi connectivity index (χ3v) is 8.45. The Bertz CT molecular complexity index is 532. The van der Waals surface area contributed by atoms with Gasteiger partial charge in [-0.3, -0.25) is 4.99 Å². The molecule has 2 atom stereocenters. The highest BCUT2D eigenvalue weighted by molar-refractivity contribution is 5.57. The first-order chi connectivity index (χ1) is 18.8. The van der Waals surface area contributed by atoms with Gasteiger partial charge in [0.15, 0.2) is 0 Å². The van der Waals surface area contributed by atoms with E-state index in [2.05, 4.69) is 35.9 Å². The molecule has 1 aliphatic rings. The molecule has 1 rings (SSSR count). The second kappa shape index (κ2) is 27.7. The Morgan fingerprint density at radius 1 is 0.605 bits per heavy atom. The van der Waals surface area contributed by atoms with Crippen LogP contribution < -0.4 is 0 Å². The molecule has 1 N–H and O–H groups in total. The Morgan fingerprint density at radius 3 is 1.47 bits per heavy atom. The molecule has 3 nitrogen and oxygen atoms in total. The van der Waals surface area contributed by atoms with E-state index in [1.165, 1.54) is 154 Å². The van der Waals surface area contributed by atoms with Gasteiger partial charge >= 0.3 is 0 Å². The van der Waals surface area contributed by atoms with Crippen molar-refractivity contribution in [2.24, 2.45) is 4.99 Å². The number of rotatable bonds is 29. The van der Waals surface area contributed by atoms with Crippen molar-refractivity contribution < 1.29 is 5.11 Å². The van der Waals surface area contributed by atoms with Gasteiger partial charge in [0.05, 0.1) is 25.0 Å². The summed E-state index contributed by atoms with van der Waals surface area (Å²) >= 11 is 0. The zero-order chi connectivity index (χ0) is 27.4. The summed E-state index contributed by atoms with van der Waals surface area (Å²) in [5.74, 6) is 0. The molecule has 0 radical (unpaired) electrons. The van der Waals surface area contributed by atoms with Gasteiger partial charge < -0.3 is 10.0 Å². The van der Waals surface area contributed by atoms with Crippen molar-refractivity contribution in [3.8, 4) is 0 Å². The van der Waals surface area contributed by atoms with Crippen LogP contribution in [0.2, 0.25) is 0 Å². The number of unbranched alkanes of at least 4 members (excludes halogenated alkanes) is 21. The number of hydrogen-bond donors (Lipinski definition) is 1. The quantitative estimate of drug-likeness (QED) is 0.0768. The molecule has 0 aromatic carbocycles. The lowest BCUT2D eigenvalue weighted by Gasteiger charge is -2.31. The summed E-state index contributed by atoms with van der Waals surface area (Å²) < 4.78 is 0. The van der Waals surface area contributed by atoms with Crippen LogP contribution in [0.15, 0.2) is 17.1 Å². The van der Waals surface area contributed by atoms with Gasteiger partial charge in [0.2, 0.25) is 0 Å². The average molecular weight is 533 g/mol. The maximum absolute atomic E-state index is 11.0. The van der Waals surface area contributed by atoms with Crippen LogP contribution in [0.5, 0.6) is 0 Å². The van der Waals surface area contributed by atoms with E-state index in [0.717, 1.165) is 25.9 Å². The highest BCUT2D eigenvalue weighted by Gasteiger charge is 2.25. The van der Waals surface area contributed by atoms with Gasteiger partial charge in [-0.1, -0.05) is 154 Å². The zero-order valence-corrected chi connectivity index (χ0v) is 26.0. The van der Waals surface area contributed by atoms with Gasteiger partial charge in [-0.05, 0) is 38.5 Å². The van der Waals surface area contributed by atoms with Crippen LogP contribution in [0.4, 0.5) is 0 Å². The van der Waals surface area contributed by atoms with E-state index in [4.69, 9.17) is 0 Å². The summed E-state index contributed by atoms with van der Waals surface area (Å²) in [5.41, 5.74) is 0. The predicted molar refractivity (Wildman–Crippen MR) is 170 cm³/mol. The van der Waals surface area contributed by atoms with Gasteiger partial charge in [-0.25, -0.2) is 0 Å². The van der Waals surface area contributed by atoms with E-state index in [9.17, 15) is 5.11 Å². The monoisotopic (exact) mass is 533 g/mol. The first-order valence-electron chi connectivity index (χ1n) is 17.4. The number of aliphatic imine (C=N–C) groups is 1. The molecule has 0 bridgehead atoms. The molecule has 3 heteroatoms. The highest BCUT2D eigenvalue weighted by atomic mass is 16.3. The van der Waals surface area contributed by atoms with Crippen molar-refractivity contribution >= 4 is 6.34 Å². The van der Waals surface area contributed by atoms with Crippen LogP contribution in [0.1, 0.15) is 181 Å². The fraction of sp³-hybridized carbons (Fsp3) is 0.914. The minimum Gasteiger partial charge on any atom is -0.391 e. The Hall–Kier alpha value is -0.830. The molecule has 0 fully saturated rings. The van der Waals surface area contributed by atoms with E-state index in [1.54, 1.807) is 0 Å². The lowest BCUT2D eigenvalue weighted by molar-refractivity contribution is 0.0739. The molecule has 0 saturated carbocycles. The van der Waals surface area contributed by atoms with Crippen molar-refractivity contribution in [3.05, 3.63) is 12.2 Å². The summed E-state index contributed by atoms with van der Waals surface area (Å²) in [6.07, 6.45) is 41.1. The molecule has 38 heavy (non-hydrogen) atoms. The molecule has 1 heterocycles. The van der Waals surface area contributed by atoms with Crippen molar-refractivity contribution in [1.29, 1.82) is 0 Å². The lowest BCUT2D eigenvalue weighted by Crippen LogP contribution is -2.42. The predicted octanol–water partition coefficient (Wildman–Crippen LogP) is 10.8. The molecule has 0 aromatic rings. The highest BCUT2D eigenvalue weighted by Crippen LogP contribution is 2.20. The molecular weight excluding hydrogens is 464 g/mol. The molecule has 0 aliphatic carbocycles. The van der Waals surface area contributed by atoms with Gasteiger partial charge in [-0.15, -0.1) is 0 Å². The summed E-state index contributed by atoms with van der Waals surface area (Å²) in [7, 11) is 0. The normalized spacial score (nSPS) is 15.2. The molecule has 2 unspecified atom stereocenters. The van der Waals surface area contributed by atoms with E-state index in [1.807, 2.05) is 6.34 Å². The van der Waals surface area contributed by atoms with E-state index in [-0.39, 0.29) is 12.1 Å². The van der Waals surface area contributed by atoms with Crippen LogP contribution in [0.3, 0.4) is 0 Å². The molecule has 0 aromatic heterocycles. The number of aliphatic hydroxyl groups is 1. The van der Waals surface area contributed by atoms with E-state index in [0.29, 0.717) is 0 Å². The SMILES string of the molecule is CCCCCCCC/C=C\CCCCCCCC(C(O)CCCCCCCCCCCCC)N1C=NCC1. The Morgan fingerprint density at radius 2 is 1.03 bits per heavy atom. The van der Waals surface area contributed by atoms with Crippen LogP contribution in [-0.2, 0) is 0 Å². The topological polar surface area (TPSA) is 35.8 Å². The average Bonchev–Trinajstić information content (AvgIpc) is 3.46. The number of hydrogen-bond acceptors (Lipinski definition) is 3. The third-order valence-electron chi connectivity index (χ3n) is 8.45. The second-order valence-electron chi connectivity index (χ2n) is 12.1. The molecule has 1 aliphatic heterocycles. The zero-order valence-electron chi connectivity index (χ0n) is 26.0. The van der Waals surface area contributed by atoms with E-state index < -0.39 is 0 Å². The maximum atomic E-state index is 11.0. The van der Waals surface area contributed by atoms with Crippen LogP contribution in [0.25, 0.3) is 0 Å². The van der Waals surface area contributed by atoms with Crippen LogP contribution in [0, 0.1) is 0 Å². The Balaban J connectivity index is 2.03. The first kappa shape index (κ1) is 35.2. The lowest BCUT2D eigenvalue weighted by atomic mass is 9.96. The second-order valence-corrected chi connectivity index (χ2v) is 12.1. The third kappa shape index (κ3) is 21.0. The number of aliphatic hydroxyl groups excluding tert-OH is 1. The largest absolute Gasteiger partial charge is 0.391 e. The molecule has 0 spiro atoms. The summed E-state index contributed by atoms with van der Waals surface area (Å²) in [6, 6.07) is 0.272.